The highest BCUT2D eigenvalue weighted by Crippen LogP contribution is 2.23. The molecule has 2 aliphatic rings. The van der Waals surface area contributed by atoms with Crippen LogP contribution in [-0.2, 0) is 21.8 Å². The van der Waals surface area contributed by atoms with E-state index in [1.54, 1.807) is 7.05 Å². The average molecular weight is 433 g/mol. The standard InChI is InChI=1S/C18H24N8O3S/c1-25-11-16(10-21-25)30(27,28)26-5-2-14(3-6-26)23-18-20-9-13(8-19)17(24-18)22-15-4-7-29-12-15/h9-11,14-15H,2-7,12H2,1H3,(H2,20,22,23,24)/t15-/m1/s1. The molecule has 0 aromatic carbocycles. The van der Waals surface area contributed by atoms with Crippen LogP contribution >= 0.6 is 0 Å². The van der Waals surface area contributed by atoms with E-state index < -0.39 is 10.0 Å². The Bertz CT molecular complexity index is 1030. The first-order valence-electron chi connectivity index (χ1n) is 9.82. The first kappa shape index (κ1) is 20.5. The van der Waals surface area contributed by atoms with Crippen molar-refractivity contribution in [3.63, 3.8) is 0 Å². The van der Waals surface area contributed by atoms with Gasteiger partial charge in [0, 0.05) is 39.0 Å². The van der Waals surface area contributed by atoms with Crippen LogP contribution in [0.5, 0.6) is 0 Å². The van der Waals surface area contributed by atoms with E-state index in [1.807, 2.05) is 0 Å². The number of ether oxygens (including phenoxy) is 1. The number of rotatable bonds is 6. The monoisotopic (exact) mass is 432 g/mol. The number of anilines is 2. The van der Waals surface area contributed by atoms with Gasteiger partial charge < -0.3 is 15.4 Å². The minimum atomic E-state index is -3.53. The number of hydrogen-bond acceptors (Lipinski definition) is 9. The van der Waals surface area contributed by atoms with Crippen LogP contribution in [0.15, 0.2) is 23.5 Å². The van der Waals surface area contributed by atoms with Gasteiger partial charge in [-0.3, -0.25) is 4.68 Å². The van der Waals surface area contributed by atoms with Gasteiger partial charge in [-0.15, -0.1) is 0 Å². The molecule has 2 aromatic heterocycles. The van der Waals surface area contributed by atoms with Crippen LogP contribution < -0.4 is 10.6 Å². The molecule has 1 atom stereocenters. The number of nitriles is 1. The van der Waals surface area contributed by atoms with E-state index in [9.17, 15) is 13.7 Å². The van der Waals surface area contributed by atoms with Crippen molar-refractivity contribution in [2.24, 2.45) is 7.05 Å². The summed E-state index contributed by atoms with van der Waals surface area (Å²) in [4.78, 5) is 8.91. The van der Waals surface area contributed by atoms with Gasteiger partial charge >= 0.3 is 0 Å². The molecule has 2 N–H and O–H groups in total. The molecule has 0 radical (unpaired) electrons. The van der Waals surface area contributed by atoms with Crippen LogP contribution in [0, 0.1) is 11.3 Å². The molecule has 160 valence electrons. The molecule has 0 aliphatic carbocycles. The summed E-state index contributed by atoms with van der Waals surface area (Å²) in [5, 5.41) is 19.8. The van der Waals surface area contributed by atoms with Gasteiger partial charge in [0.15, 0.2) is 0 Å². The zero-order valence-corrected chi connectivity index (χ0v) is 17.5. The number of nitrogens with zero attached hydrogens (tertiary/aromatic N) is 6. The van der Waals surface area contributed by atoms with Crippen LogP contribution in [0.2, 0.25) is 0 Å². The summed E-state index contributed by atoms with van der Waals surface area (Å²) in [5.41, 5.74) is 0.379. The highest BCUT2D eigenvalue weighted by atomic mass is 32.2. The summed E-state index contributed by atoms with van der Waals surface area (Å²) in [7, 11) is -1.84. The summed E-state index contributed by atoms with van der Waals surface area (Å²) in [6.45, 7) is 2.07. The van der Waals surface area contributed by atoms with Crippen molar-refractivity contribution in [2.75, 3.05) is 36.9 Å². The van der Waals surface area contributed by atoms with Crippen LogP contribution in [0.4, 0.5) is 11.8 Å². The molecule has 12 heteroatoms. The quantitative estimate of drug-likeness (QED) is 0.670. The zero-order chi connectivity index (χ0) is 21.1. The fraction of sp³-hybridized carbons (Fsp3) is 0.556. The molecule has 4 heterocycles. The maximum atomic E-state index is 12.7. The highest BCUT2D eigenvalue weighted by molar-refractivity contribution is 7.89. The van der Waals surface area contributed by atoms with Gasteiger partial charge in [0.25, 0.3) is 0 Å². The fourth-order valence-electron chi connectivity index (χ4n) is 3.59. The fourth-order valence-corrected chi connectivity index (χ4v) is 5.04. The number of hydrogen-bond donors (Lipinski definition) is 2. The van der Waals surface area contributed by atoms with Gasteiger partial charge in [-0.2, -0.15) is 19.6 Å². The Labute approximate surface area is 175 Å². The predicted octanol–water partition coefficient (Wildman–Crippen LogP) is 0.548. The van der Waals surface area contributed by atoms with E-state index in [-0.39, 0.29) is 17.0 Å². The van der Waals surface area contributed by atoms with Crippen molar-refractivity contribution in [3.05, 3.63) is 24.2 Å². The van der Waals surface area contributed by atoms with E-state index in [2.05, 4.69) is 31.8 Å². The summed E-state index contributed by atoms with van der Waals surface area (Å²) in [6, 6.07) is 2.27. The van der Waals surface area contributed by atoms with E-state index in [1.165, 1.54) is 27.6 Å². The second-order valence-electron chi connectivity index (χ2n) is 7.44. The molecule has 0 bridgehead atoms. The van der Waals surface area contributed by atoms with E-state index >= 15 is 0 Å². The Morgan fingerprint density at radius 1 is 1.20 bits per heavy atom. The van der Waals surface area contributed by atoms with Gasteiger partial charge in [-0.25, -0.2) is 13.4 Å². The molecule has 2 aliphatic heterocycles. The summed E-state index contributed by atoms with van der Waals surface area (Å²) >= 11 is 0. The number of piperidine rings is 1. The lowest BCUT2D eigenvalue weighted by atomic mass is 10.1. The molecule has 11 nitrogen and oxygen atoms in total. The molecule has 0 spiro atoms. The molecule has 0 amide bonds. The number of sulfonamides is 1. The molecule has 2 saturated heterocycles. The summed E-state index contributed by atoms with van der Waals surface area (Å²) in [5.74, 6) is 0.908. The SMILES string of the molecule is Cn1cc(S(=O)(=O)N2CCC(Nc3ncc(C#N)c(N[C@@H]4CCOC4)n3)CC2)cn1. The zero-order valence-electron chi connectivity index (χ0n) is 16.7. The Morgan fingerprint density at radius 3 is 2.63 bits per heavy atom. The van der Waals surface area contributed by atoms with Crippen LogP contribution in [0.25, 0.3) is 0 Å². The van der Waals surface area contributed by atoms with E-state index in [0.29, 0.717) is 56.5 Å². The van der Waals surface area contributed by atoms with Crippen LogP contribution in [0.3, 0.4) is 0 Å². The lowest BCUT2D eigenvalue weighted by Gasteiger charge is -2.31. The second kappa shape index (κ2) is 8.55. The Balaban J connectivity index is 1.38. The molecular weight excluding hydrogens is 408 g/mol. The first-order chi connectivity index (χ1) is 14.5. The molecule has 4 rings (SSSR count). The molecular formula is C18H24N8O3S. The van der Waals surface area contributed by atoms with Crippen molar-refractivity contribution in [3.8, 4) is 6.07 Å². The average Bonchev–Trinajstić information content (AvgIpc) is 3.41. The lowest BCUT2D eigenvalue weighted by molar-refractivity contribution is 0.195. The maximum absolute atomic E-state index is 12.7. The predicted molar refractivity (Wildman–Crippen MR) is 108 cm³/mol. The van der Waals surface area contributed by atoms with Gasteiger partial charge in [0.05, 0.1) is 25.0 Å². The molecule has 30 heavy (non-hydrogen) atoms. The van der Waals surface area contributed by atoms with Gasteiger partial charge in [-0.05, 0) is 19.3 Å². The third kappa shape index (κ3) is 4.38. The molecule has 2 fully saturated rings. The van der Waals surface area contributed by atoms with E-state index in [4.69, 9.17) is 4.74 Å². The highest BCUT2D eigenvalue weighted by Gasteiger charge is 2.30. The normalized spacial score (nSPS) is 20.7. The largest absolute Gasteiger partial charge is 0.379 e. The van der Waals surface area contributed by atoms with Gasteiger partial charge in [0.2, 0.25) is 16.0 Å². The van der Waals surface area contributed by atoms with Gasteiger partial charge in [-0.1, -0.05) is 0 Å². The van der Waals surface area contributed by atoms with Crippen molar-refractivity contribution < 1.29 is 13.2 Å². The maximum Gasteiger partial charge on any atom is 0.246 e. The molecule has 2 aromatic rings. The van der Waals surface area contributed by atoms with Crippen LogP contribution in [-0.4, -0.2) is 70.9 Å². The van der Waals surface area contributed by atoms with Gasteiger partial charge in [0.1, 0.15) is 22.3 Å². The third-order valence-corrected chi connectivity index (χ3v) is 7.14. The Hall–Kier alpha value is -2.75. The third-order valence-electron chi connectivity index (χ3n) is 5.29. The molecule has 0 unspecified atom stereocenters. The number of nitrogens with one attached hydrogen (secondary N) is 2. The van der Waals surface area contributed by atoms with Crippen molar-refractivity contribution >= 4 is 21.8 Å². The smallest absolute Gasteiger partial charge is 0.246 e. The minimum Gasteiger partial charge on any atom is -0.379 e. The van der Waals surface area contributed by atoms with Crippen molar-refractivity contribution in [1.29, 1.82) is 5.26 Å². The number of aromatic nitrogens is 4. The second-order valence-corrected chi connectivity index (χ2v) is 9.38. The summed E-state index contributed by atoms with van der Waals surface area (Å²) < 4.78 is 33.8. The van der Waals surface area contributed by atoms with Crippen molar-refractivity contribution in [1.82, 2.24) is 24.1 Å². The molecule has 0 saturated carbocycles. The van der Waals surface area contributed by atoms with Crippen LogP contribution in [0.1, 0.15) is 24.8 Å². The number of aryl methyl sites for hydroxylation is 1. The Kier molecular flexibility index (Phi) is 5.85. The minimum absolute atomic E-state index is 0.0425. The summed E-state index contributed by atoms with van der Waals surface area (Å²) in [6.07, 6.45) is 6.49. The topological polar surface area (TPSA) is 138 Å². The van der Waals surface area contributed by atoms with E-state index in [0.717, 1.165) is 6.42 Å². The Morgan fingerprint density at radius 2 is 2.00 bits per heavy atom. The lowest BCUT2D eigenvalue weighted by Crippen LogP contribution is -2.42. The first-order valence-corrected chi connectivity index (χ1v) is 11.3. The van der Waals surface area contributed by atoms with Crippen molar-refractivity contribution in [2.45, 2.75) is 36.2 Å².